The van der Waals surface area contributed by atoms with Crippen LogP contribution in [0.4, 0.5) is 4.79 Å². The summed E-state index contributed by atoms with van der Waals surface area (Å²) in [6, 6.07) is 11.5. The molecule has 1 aromatic heterocycles. The number of amides is 1. The van der Waals surface area contributed by atoms with Gasteiger partial charge in [0.25, 0.3) is 0 Å². The molecular weight excluding hydrogens is 254 g/mol. The van der Waals surface area contributed by atoms with Crippen molar-refractivity contribution in [3.8, 4) is 17.0 Å². The van der Waals surface area contributed by atoms with Crippen molar-refractivity contribution in [2.24, 2.45) is 5.73 Å². The van der Waals surface area contributed by atoms with E-state index in [1.807, 2.05) is 36.4 Å². The maximum absolute atomic E-state index is 11.1. The van der Waals surface area contributed by atoms with Gasteiger partial charge in [0.15, 0.2) is 5.75 Å². The minimum absolute atomic E-state index is 0.408. The molecule has 20 heavy (non-hydrogen) atoms. The number of ether oxygens (including phenoxy) is 1. The van der Waals surface area contributed by atoms with E-state index in [9.17, 15) is 4.79 Å². The molecule has 102 valence electrons. The Labute approximate surface area is 116 Å². The predicted molar refractivity (Wildman–Crippen MR) is 75.3 cm³/mol. The highest BCUT2D eigenvalue weighted by atomic mass is 16.5. The average molecular weight is 269 g/mol. The highest BCUT2D eigenvalue weighted by Crippen LogP contribution is 2.31. The summed E-state index contributed by atoms with van der Waals surface area (Å²) in [5.41, 5.74) is 8.80. The van der Waals surface area contributed by atoms with E-state index in [1.165, 1.54) is 0 Å². The number of pyridine rings is 1. The molecule has 0 bridgehead atoms. The number of fused-ring (bicyclic) bond motifs is 1. The lowest BCUT2D eigenvalue weighted by molar-refractivity contribution is 0.211. The van der Waals surface area contributed by atoms with Crippen molar-refractivity contribution >= 4 is 6.09 Å². The van der Waals surface area contributed by atoms with E-state index in [4.69, 9.17) is 10.5 Å². The highest BCUT2D eigenvalue weighted by molar-refractivity contribution is 5.74. The molecule has 3 N–H and O–H groups in total. The zero-order valence-corrected chi connectivity index (χ0v) is 10.9. The molecule has 1 aromatic carbocycles. The predicted octanol–water partition coefficient (Wildman–Crippen LogP) is 1.85. The Bertz CT molecular complexity index is 641. The summed E-state index contributed by atoms with van der Waals surface area (Å²) in [7, 11) is 0. The molecular formula is C15H15N3O2. The molecule has 0 fully saturated rings. The first kappa shape index (κ1) is 12.6. The first-order valence-corrected chi connectivity index (χ1v) is 6.50. The van der Waals surface area contributed by atoms with Gasteiger partial charge in [-0.05, 0) is 11.6 Å². The van der Waals surface area contributed by atoms with E-state index in [0.29, 0.717) is 11.4 Å². The van der Waals surface area contributed by atoms with Crippen LogP contribution in [0.2, 0.25) is 0 Å². The van der Waals surface area contributed by atoms with Gasteiger partial charge in [0.05, 0.1) is 0 Å². The lowest BCUT2D eigenvalue weighted by Crippen LogP contribution is -2.25. The van der Waals surface area contributed by atoms with Gasteiger partial charge in [-0.15, -0.1) is 0 Å². The number of hydrogen-bond acceptors (Lipinski definition) is 4. The van der Waals surface area contributed by atoms with Crippen LogP contribution >= 0.6 is 0 Å². The topological polar surface area (TPSA) is 77.2 Å². The minimum Gasteiger partial charge on any atom is -0.408 e. The van der Waals surface area contributed by atoms with Crippen molar-refractivity contribution < 1.29 is 9.53 Å². The van der Waals surface area contributed by atoms with Gasteiger partial charge in [-0.25, -0.2) is 9.78 Å². The van der Waals surface area contributed by atoms with Crippen LogP contribution in [0.25, 0.3) is 11.3 Å². The number of nitrogens with two attached hydrogens (primary N) is 1. The second-order valence-electron chi connectivity index (χ2n) is 4.65. The van der Waals surface area contributed by atoms with Crippen molar-refractivity contribution in [1.29, 1.82) is 0 Å². The van der Waals surface area contributed by atoms with E-state index in [1.54, 1.807) is 0 Å². The van der Waals surface area contributed by atoms with Crippen molar-refractivity contribution in [3.05, 3.63) is 47.7 Å². The van der Waals surface area contributed by atoms with Crippen LogP contribution in [0, 0.1) is 0 Å². The Morgan fingerprint density at radius 3 is 2.85 bits per heavy atom. The number of benzene rings is 1. The van der Waals surface area contributed by atoms with Crippen molar-refractivity contribution in [2.75, 3.05) is 6.54 Å². The third-order valence-electron chi connectivity index (χ3n) is 3.27. The van der Waals surface area contributed by atoms with Gasteiger partial charge >= 0.3 is 6.09 Å². The van der Waals surface area contributed by atoms with Gasteiger partial charge in [0.2, 0.25) is 0 Å². The van der Waals surface area contributed by atoms with Gasteiger partial charge in [0.1, 0.15) is 5.69 Å². The lowest BCUT2D eigenvalue weighted by atomic mass is 10.0. The summed E-state index contributed by atoms with van der Waals surface area (Å²) in [4.78, 5) is 15.7. The first-order valence-electron chi connectivity index (χ1n) is 6.50. The molecule has 0 aliphatic carbocycles. The fraction of sp³-hybridized carbons (Fsp3) is 0.200. The van der Waals surface area contributed by atoms with E-state index >= 15 is 0 Å². The average Bonchev–Trinajstić information content (AvgIpc) is 2.47. The summed E-state index contributed by atoms with van der Waals surface area (Å²) in [5.74, 6) is 0.408. The van der Waals surface area contributed by atoms with Gasteiger partial charge in [-0.1, -0.05) is 30.3 Å². The molecule has 5 heteroatoms. The number of nitrogens with one attached hydrogen (secondary N) is 1. The largest absolute Gasteiger partial charge is 0.410 e. The number of carbonyl (C=O) groups is 1. The number of rotatable bonds is 2. The van der Waals surface area contributed by atoms with Crippen LogP contribution in [-0.4, -0.2) is 17.6 Å². The molecule has 0 saturated carbocycles. The summed E-state index contributed by atoms with van der Waals surface area (Å²) >= 11 is 0. The molecule has 5 nitrogen and oxygen atoms in total. The molecule has 2 heterocycles. The molecule has 0 atom stereocenters. The smallest absolute Gasteiger partial charge is 0.408 e. The molecule has 1 amide bonds. The third-order valence-corrected chi connectivity index (χ3v) is 3.27. The standard InChI is InChI=1S/C15H15N3O2/c16-15(19)20-13-8-11-9-17-7-6-12(11)18-14(13)10-4-2-1-3-5-10/h1-5,8,17H,6-7,9H2,(H2,16,19). The minimum atomic E-state index is -0.826. The Hall–Kier alpha value is -2.40. The molecule has 0 saturated heterocycles. The number of hydrogen-bond donors (Lipinski definition) is 2. The van der Waals surface area contributed by atoms with Crippen LogP contribution in [0.1, 0.15) is 11.3 Å². The van der Waals surface area contributed by atoms with Crippen molar-refractivity contribution in [1.82, 2.24) is 10.3 Å². The fourth-order valence-corrected chi connectivity index (χ4v) is 2.36. The third kappa shape index (κ3) is 2.48. The van der Waals surface area contributed by atoms with Crippen LogP contribution < -0.4 is 15.8 Å². The van der Waals surface area contributed by atoms with E-state index in [2.05, 4.69) is 10.3 Å². The number of nitrogens with zero attached hydrogens (tertiary/aromatic N) is 1. The molecule has 2 aromatic rings. The van der Waals surface area contributed by atoms with Crippen LogP contribution in [0.15, 0.2) is 36.4 Å². The Morgan fingerprint density at radius 2 is 2.10 bits per heavy atom. The Kier molecular flexibility index (Phi) is 3.35. The number of carbonyl (C=O) groups excluding carboxylic acids is 1. The molecule has 1 aliphatic rings. The second-order valence-corrected chi connectivity index (χ2v) is 4.65. The molecule has 0 unspecified atom stereocenters. The van der Waals surface area contributed by atoms with Gasteiger partial charge < -0.3 is 15.8 Å². The van der Waals surface area contributed by atoms with Crippen molar-refractivity contribution in [3.63, 3.8) is 0 Å². The molecule has 3 rings (SSSR count). The van der Waals surface area contributed by atoms with Gasteiger partial charge in [0, 0.05) is 30.8 Å². The zero-order chi connectivity index (χ0) is 13.9. The maximum atomic E-state index is 11.1. The Balaban J connectivity index is 2.12. The number of aromatic nitrogens is 1. The Morgan fingerprint density at radius 1 is 1.30 bits per heavy atom. The number of primary amides is 1. The zero-order valence-electron chi connectivity index (χ0n) is 10.9. The highest BCUT2D eigenvalue weighted by Gasteiger charge is 2.17. The van der Waals surface area contributed by atoms with Gasteiger partial charge in [-0.3, -0.25) is 0 Å². The van der Waals surface area contributed by atoms with E-state index in [0.717, 1.165) is 36.3 Å². The summed E-state index contributed by atoms with van der Waals surface area (Å²) in [6.45, 7) is 1.64. The maximum Gasteiger partial charge on any atom is 0.410 e. The molecule has 1 aliphatic heterocycles. The summed E-state index contributed by atoms with van der Waals surface area (Å²) in [6.07, 6.45) is 0.0409. The van der Waals surface area contributed by atoms with Crippen LogP contribution in [-0.2, 0) is 13.0 Å². The first-order chi connectivity index (χ1) is 9.74. The second kappa shape index (κ2) is 5.30. The van der Waals surface area contributed by atoms with Crippen molar-refractivity contribution in [2.45, 2.75) is 13.0 Å². The normalized spacial score (nSPS) is 13.6. The van der Waals surface area contributed by atoms with E-state index in [-0.39, 0.29) is 0 Å². The molecule has 0 radical (unpaired) electrons. The monoisotopic (exact) mass is 269 g/mol. The fourth-order valence-electron chi connectivity index (χ4n) is 2.36. The quantitative estimate of drug-likeness (QED) is 0.872. The van der Waals surface area contributed by atoms with E-state index < -0.39 is 6.09 Å². The lowest BCUT2D eigenvalue weighted by Gasteiger charge is -2.19. The van der Waals surface area contributed by atoms with Gasteiger partial charge in [-0.2, -0.15) is 0 Å². The van der Waals surface area contributed by atoms with Crippen LogP contribution in [0.5, 0.6) is 5.75 Å². The molecule has 0 spiro atoms. The SMILES string of the molecule is NC(=O)Oc1cc2c(nc1-c1ccccc1)CCNC2. The summed E-state index contributed by atoms with van der Waals surface area (Å²) < 4.78 is 5.11. The van der Waals surface area contributed by atoms with Crippen LogP contribution in [0.3, 0.4) is 0 Å². The summed E-state index contributed by atoms with van der Waals surface area (Å²) in [5, 5.41) is 3.27.